The van der Waals surface area contributed by atoms with E-state index in [0.29, 0.717) is 0 Å². The standard InChI is InChI=1S/C9H2ClF9Se/c10-20-6-4(8(14,15)16)1-3(7(11,12)13)2-5(6)9(17,18)19/h1-2H. The van der Waals surface area contributed by atoms with Gasteiger partial charge in [0.1, 0.15) is 0 Å². The maximum atomic E-state index is 12.6. The van der Waals surface area contributed by atoms with Gasteiger partial charge in [-0.25, -0.2) is 0 Å². The summed E-state index contributed by atoms with van der Waals surface area (Å²) in [4.78, 5) is 0. The van der Waals surface area contributed by atoms with Gasteiger partial charge < -0.3 is 0 Å². The number of hydrogen-bond donors (Lipinski definition) is 0. The SMILES string of the molecule is FC(F)(F)c1cc(C(F)(F)F)c([Se]Cl)c(C(F)(F)F)c1. The molecule has 0 radical (unpaired) electrons. The quantitative estimate of drug-likeness (QED) is 0.493. The zero-order chi connectivity index (χ0) is 15.9. The van der Waals surface area contributed by atoms with Gasteiger partial charge in [0.2, 0.25) is 0 Å². The van der Waals surface area contributed by atoms with Gasteiger partial charge in [0.25, 0.3) is 0 Å². The average molecular weight is 396 g/mol. The van der Waals surface area contributed by atoms with Crippen LogP contribution in [0.4, 0.5) is 39.5 Å². The molecule has 20 heavy (non-hydrogen) atoms. The molecule has 0 aliphatic rings. The summed E-state index contributed by atoms with van der Waals surface area (Å²) in [5, 5.41) is 0. The number of benzene rings is 1. The topological polar surface area (TPSA) is 0 Å². The van der Waals surface area contributed by atoms with E-state index in [0.717, 1.165) is 0 Å². The van der Waals surface area contributed by atoms with Gasteiger partial charge in [-0.1, -0.05) is 0 Å². The van der Waals surface area contributed by atoms with Gasteiger partial charge in [-0.05, 0) is 0 Å². The van der Waals surface area contributed by atoms with Crippen molar-refractivity contribution in [3.8, 4) is 0 Å². The van der Waals surface area contributed by atoms with Crippen LogP contribution in [-0.2, 0) is 18.5 Å². The van der Waals surface area contributed by atoms with Crippen LogP contribution < -0.4 is 4.46 Å². The van der Waals surface area contributed by atoms with E-state index >= 15 is 0 Å². The van der Waals surface area contributed by atoms with E-state index in [1.54, 1.807) is 0 Å². The predicted molar refractivity (Wildman–Crippen MR) is 52.7 cm³/mol. The van der Waals surface area contributed by atoms with Crippen molar-refractivity contribution in [2.24, 2.45) is 0 Å². The molecule has 0 nitrogen and oxygen atoms in total. The van der Waals surface area contributed by atoms with Crippen LogP contribution in [0.25, 0.3) is 0 Å². The molecule has 0 unspecified atom stereocenters. The molecule has 0 aliphatic carbocycles. The van der Waals surface area contributed by atoms with E-state index in [9.17, 15) is 39.5 Å². The predicted octanol–water partition coefficient (Wildman–Crippen LogP) is 4.23. The molecule has 0 fully saturated rings. The zero-order valence-electron chi connectivity index (χ0n) is 8.84. The van der Waals surface area contributed by atoms with Crippen LogP contribution in [0, 0.1) is 0 Å². The van der Waals surface area contributed by atoms with Gasteiger partial charge in [-0.2, -0.15) is 0 Å². The van der Waals surface area contributed by atoms with E-state index < -0.39 is 53.7 Å². The molecule has 0 N–H and O–H groups in total. The Labute approximate surface area is 116 Å². The zero-order valence-corrected chi connectivity index (χ0v) is 11.3. The van der Waals surface area contributed by atoms with Gasteiger partial charge in [0, 0.05) is 0 Å². The molecule has 1 rings (SSSR count). The first-order valence-corrected chi connectivity index (χ1v) is 7.57. The fraction of sp³-hybridized carbons (Fsp3) is 0.333. The minimum atomic E-state index is -5.37. The number of hydrogen-bond acceptors (Lipinski definition) is 0. The van der Waals surface area contributed by atoms with E-state index in [4.69, 9.17) is 10.1 Å². The Morgan fingerprint density at radius 2 is 1.05 bits per heavy atom. The van der Waals surface area contributed by atoms with Crippen LogP contribution in [-0.4, -0.2) is 14.0 Å². The second kappa shape index (κ2) is 5.31. The molecule has 0 spiro atoms. The van der Waals surface area contributed by atoms with Crippen LogP contribution in [0.2, 0.25) is 0 Å². The van der Waals surface area contributed by atoms with Gasteiger partial charge in [0.15, 0.2) is 0 Å². The fourth-order valence-corrected chi connectivity index (χ4v) is 3.24. The first-order valence-electron chi connectivity index (χ1n) is 4.46. The molecule has 0 heterocycles. The monoisotopic (exact) mass is 396 g/mol. The minimum absolute atomic E-state index is 0.366. The summed E-state index contributed by atoms with van der Waals surface area (Å²) in [6.07, 6.45) is -16.1. The number of alkyl halides is 9. The van der Waals surface area contributed by atoms with Gasteiger partial charge in [0.05, 0.1) is 0 Å². The molecule has 114 valence electrons. The number of rotatable bonds is 1. The van der Waals surface area contributed by atoms with E-state index in [1.807, 2.05) is 0 Å². The Bertz CT molecular complexity index is 465. The summed E-state index contributed by atoms with van der Waals surface area (Å²) in [5.41, 5.74) is -6.06. The molecular formula is C9H2ClF9Se. The van der Waals surface area contributed by atoms with Crippen LogP contribution in [0.3, 0.4) is 0 Å². The molecule has 0 bridgehead atoms. The van der Waals surface area contributed by atoms with Crippen molar-refractivity contribution >= 4 is 28.6 Å². The summed E-state index contributed by atoms with van der Waals surface area (Å²) in [6.45, 7) is 0. The summed E-state index contributed by atoms with van der Waals surface area (Å²) < 4.78 is 111. The van der Waals surface area contributed by atoms with Crippen LogP contribution >= 0.6 is 10.1 Å². The Morgan fingerprint density at radius 3 is 1.25 bits per heavy atom. The molecule has 0 saturated carbocycles. The first kappa shape index (κ1) is 17.5. The molecule has 0 aliphatic heterocycles. The summed E-state index contributed by atoms with van der Waals surface area (Å²) in [7, 11) is 5.10. The van der Waals surface area contributed by atoms with Gasteiger partial charge in [-0.15, -0.1) is 0 Å². The summed E-state index contributed by atoms with van der Waals surface area (Å²) >= 11 is -1.81. The first-order chi connectivity index (χ1) is 8.78. The van der Waals surface area contributed by atoms with Gasteiger partial charge >= 0.3 is 115 Å². The molecule has 0 atom stereocenters. The second-order valence-corrected chi connectivity index (χ2v) is 5.45. The van der Waals surface area contributed by atoms with Crippen LogP contribution in [0.15, 0.2) is 12.1 Å². The van der Waals surface area contributed by atoms with E-state index in [2.05, 4.69) is 0 Å². The molecular weight excluding hydrogens is 393 g/mol. The van der Waals surface area contributed by atoms with E-state index in [1.165, 1.54) is 0 Å². The Kier molecular flexibility index (Phi) is 4.63. The molecule has 11 heteroatoms. The molecule has 0 saturated heterocycles. The second-order valence-electron chi connectivity index (χ2n) is 3.47. The summed E-state index contributed by atoms with van der Waals surface area (Å²) in [5.74, 6) is 0. The average Bonchev–Trinajstić information content (AvgIpc) is 2.23. The fourth-order valence-electron chi connectivity index (χ4n) is 1.30. The third-order valence-electron chi connectivity index (χ3n) is 2.10. The van der Waals surface area contributed by atoms with Crippen molar-refractivity contribution < 1.29 is 39.5 Å². The van der Waals surface area contributed by atoms with Crippen molar-refractivity contribution in [1.29, 1.82) is 0 Å². The molecule has 1 aromatic rings. The van der Waals surface area contributed by atoms with Crippen molar-refractivity contribution in [2.75, 3.05) is 0 Å². The van der Waals surface area contributed by atoms with Crippen LogP contribution in [0.1, 0.15) is 16.7 Å². The third kappa shape index (κ3) is 3.73. The van der Waals surface area contributed by atoms with Gasteiger partial charge in [-0.3, -0.25) is 0 Å². The normalized spacial score (nSPS) is 13.7. The maximum absolute atomic E-state index is 12.6. The third-order valence-corrected chi connectivity index (χ3v) is 4.15. The molecule has 1 aromatic carbocycles. The Balaban J connectivity index is 3.75. The summed E-state index contributed by atoms with van der Waals surface area (Å²) in [6, 6.07) is -0.733. The van der Waals surface area contributed by atoms with Crippen molar-refractivity contribution in [3.63, 3.8) is 0 Å². The van der Waals surface area contributed by atoms with E-state index in [-0.39, 0.29) is 12.1 Å². The molecule has 0 aromatic heterocycles. The van der Waals surface area contributed by atoms with Crippen molar-refractivity contribution in [1.82, 2.24) is 0 Å². The van der Waals surface area contributed by atoms with Crippen molar-refractivity contribution in [2.45, 2.75) is 18.5 Å². The number of halogens is 10. The Morgan fingerprint density at radius 1 is 0.700 bits per heavy atom. The van der Waals surface area contributed by atoms with Crippen LogP contribution in [0.5, 0.6) is 0 Å². The Hall–Kier alpha value is -0.601. The molecule has 0 amide bonds. The van der Waals surface area contributed by atoms with Crippen molar-refractivity contribution in [3.05, 3.63) is 28.8 Å².